The Morgan fingerprint density at radius 1 is 1.10 bits per heavy atom. The molecule has 0 aliphatic rings. The van der Waals surface area contributed by atoms with Gasteiger partial charge in [0.1, 0.15) is 11.8 Å². The molecule has 21 heavy (non-hydrogen) atoms. The lowest BCUT2D eigenvalue weighted by Gasteiger charge is -2.14. The molecule has 2 rings (SSSR count). The summed E-state index contributed by atoms with van der Waals surface area (Å²) in [5.74, 6) is 0.707. The summed E-state index contributed by atoms with van der Waals surface area (Å²) in [6.45, 7) is 7.25. The molecule has 3 nitrogen and oxygen atoms in total. The number of aryl methyl sites for hydroxylation is 3. The molecule has 0 amide bonds. The number of benzene rings is 2. The molecule has 0 spiro atoms. The Morgan fingerprint density at radius 2 is 1.81 bits per heavy atom. The summed E-state index contributed by atoms with van der Waals surface area (Å²) in [5.41, 5.74) is 6.21. The Bertz CT molecular complexity index is 648. The van der Waals surface area contributed by atoms with Gasteiger partial charge in [-0.2, -0.15) is 5.26 Å². The molecule has 108 valence electrons. The third kappa shape index (κ3) is 4.00. The molecule has 3 heteroatoms. The van der Waals surface area contributed by atoms with Crippen molar-refractivity contribution in [1.29, 1.82) is 5.26 Å². The summed E-state index contributed by atoms with van der Waals surface area (Å²) >= 11 is 0. The molecular weight excluding hydrogens is 260 g/mol. The predicted octanol–water partition coefficient (Wildman–Crippen LogP) is 4.13. The summed E-state index contributed by atoms with van der Waals surface area (Å²) in [7, 11) is 0. The molecule has 2 aromatic rings. The molecule has 1 N–H and O–H groups in total. The Hall–Kier alpha value is -2.47. The van der Waals surface area contributed by atoms with Gasteiger partial charge in [0.15, 0.2) is 6.61 Å². The van der Waals surface area contributed by atoms with Gasteiger partial charge < -0.3 is 10.1 Å². The summed E-state index contributed by atoms with van der Waals surface area (Å²) < 4.78 is 5.31. The molecule has 0 bridgehead atoms. The Labute approximate surface area is 126 Å². The van der Waals surface area contributed by atoms with Gasteiger partial charge >= 0.3 is 0 Å². The van der Waals surface area contributed by atoms with Crippen LogP contribution >= 0.6 is 0 Å². The molecule has 0 fully saturated rings. The quantitative estimate of drug-likeness (QED) is 0.895. The fourth-order valence-electron chi connectivity index (χ4n) is 2.49. The van der Waals surface area contributed by atoms with E-state index in [9.17, 15) is 0 Å². The number of hydrogen-bond donors (Lipinski definition) is 1. The van der Waals surface area contributed by atoms with Crippen LogP contribution in [-0.4, -0.2) is 6.61 Å². The second-order valence-corrected chi connectivity index (χ2v) is 5.21. The highest BCUT2D eigenvalue weighted by Crippen LogP contribution is 2.21. The number of rotatable bonds is 5. The first-order valence-corrected chi connectivity index (χ1v) is 7.00. The highest BCUT2D eigenvalue weighted by molar-refractivity contribution is 5.49. The van der Waals surface area contributed by atoms with Gasteiger partial charge in [-0.05, 0) is 49.6 Å². The molecule has 0 saturated heterocycles. The second-order valence-electron chi connectivity index (χ2n) is 5.21. The SMILES string of the molecule is Cc1cc(C)c(CNc2cccc(OCC#N)c2)c(C)c1. The van der Waals surface area contributed by atoms with Gasteiger partial charge in [-0.15, -0.1) is 0 Å². The molecule has 0 heterocycles. The van der Waals surface area contributed by atoms with Crippen LogP contribution in [0, 0.1) is 32.1 Å². The van der Waals surface area contributed by atoms with Gasteiger partial charge in [0, 0.05) is 18.3 Å². The Balaban J connectivity index is 2.08. The summed E-state index contributed by atoms with van der Waals surface area (Å²) in [4.78, 5) is 0. The van der Waals surface area contributed by atoms with Crippen molar-refractivity contribution in [3.63, 3.8) is 0 Å². The third-order valence-electron chi connectivity index (χ3n) is 3.45. The minimum Gasteiger partial charge on any atom is -0.479 e. The first-order valence-electron chi connectivity index (χ1n) is 7.00. The average Bonchev–Trinajstić information content (AvgIpc) is 2.44. The van der Waals surface area contributed by atoms with Gasteiger partial charge in [-0.3, -0.25) is 0 Å². The second kappa shape index (κ2) is 6.81. The number of nitrogens with zero attached hydrogens (tertiary/aromatic N) is 1. The normalized spacial score (nSPS) is 10.0. The fourth-order valence-corrected chi connectivity index (χ4v) is 2.49. The first-order chi connectivity index (χ1) is 10.1. The topological polar surface area (TPSA) is 45.0 Å². The van der Waals surface area contributed by atoms with Crippen LogP contribution in [0.25, 0.3) is 0 Å². The zero-order chi connectivity index (χ0) is 15.2. The zero-order valence-electron chi connectivity index (χ0n) is 12.7. The summed E-state index contributed by atoms with van der Waals surface area (Å²) in [6.07, 6.45) is 0. The van der Waals surface area contributed by atoms with Crippen molar-refractivity contribution in [2.75, 3.05) is 11.9 Å². The number of hydrogen-bond acceptors (Lipinski definition) is 3. The van der Waals surface area contributed by atoms with Crippen molar-refractivity contribution in [1.82, 2.24) is 0 Å². The van der Waals surface area contributed by atoms with Crippen molar-refractivity contribution < 1.29 is 4.74 Å². The Kier molecular flexibility index (Phi) is 4.84. The van der Waals surface area contributed by atoms with Crippen molar-refractivity contribution in [3.05, 3.63) is 58.7 Å². The average molecular weight is 280 g/mol. The van der Waals surface area contributed by atoms with Crippen LogP contribution in [0.5, 0.6) is 5.75 Å². The van der Waals surface area contributed by atoms with E-state index in [1.807, 2.05) is 30.3 Å². The number of ether oxygens (including phenoxy) is 1. The van der Waals surface area contributed by atoms with E-state index in [1.165, 1.54) is 22.3 Å². The lowest BCUT2D eigenvalue weighted by Crippen LogP contribution is -2.04. The standard InChI is InChI=1S/C18H20N2O/c1-13-9-14(2)18(15(3)10-13)12-20-16-5-4-6-17(11-16)21-8-7-19/h4-6,9-11,20H,8,12H2,1-3H3. The van der Waals surface area contributed by atoms with E-state index in [0.29, 0.717) is 5.75 Å². The zero-order valence-corrected chi connectivity index (χ0v) is 12.7. The van der Waals surface area contributed by atoms with E-state index in [0.717, 1.165) is 12.2 Å². The van der Waals surface area contributed by atoms with Gasteiger partial charge in [0.2, 0.25) is 0 Å². The minimum atomic E-state index is 0.0691. The molecular formula is C18H20N2O. The maximum atomic E-state index is 8.54. The molecule has 0 radical (unpaired) electrons. The number of anilines is 1. The van der Waals surface area contributed by atoms with Gasteiger partial charge in [0.25, 0.3) is 0 Å². The van der Waals surface area contributed by atoms with E-state index in [4.69, 9.17) is 10.00 Å². The van der Waals surface area contributed by atoms with Gasteiger partial charge in [0.05, 0.1) is 0 Å². The molecule has 0 atom stereocenters. The lowest BCUT2D eigenvalue weighted by molar-refractivity contribution is 0.368. The fraction of sp³-hybridized carbons (Fsp3) is 0.278. The van der Waals surface area contributed by atoms with E-state index in [-0.39, 0.29) is 6.61 Å². The van der Waals surface area contributed by atoms with Crippen molar-refractivity contribution >= 4 is 5.69 Å². The van der Waals surface area contributed by atoms with Crippen LogP contribution < -0.4 is 10.1 Å². The first kappa shape index (κ1) is 14.9. The lowest BCUT2D eigenvalue weighted by atomic mass is 10.00. The molecule has 0 saturated carbocycles. The highest BCUT2D eigenvalue weighted by atomic mass is 16.5. The molecule has 2 aromatic carbocycles. The van der Waals surface area contributed by atoms with E-state index in [2.05, 4.69) is 38.2 Å². The third-order valence-corrected chi connectivity index (χ3v) is 3.45. The van der Waals surface area contributed by atoms with Crippen LogP contribution in [0.15, 0.2) is 36.4 Å². The predicted molar refractivity (Wildman–Crippen MR) is 85.5 cm³/mol. The van der Waals surface area contributed by atoms with E-state index < -0.39 is 0 Å². The summed E-state index contributed by atoms with van der Waals surface area (Å²) in [6, 6.07) is 14.1. The van der Waals surface area contributed by atoms with Crippen molar-refractivity contribution in [2.24, 2.45) is 0 Å². The maximum absolute atomic E-state index is 8.54. The Morgan fingerprint density at radius 3 is 2.48 bits per heavy atom. The summed E-state index contributed by atoms with van der Waals surface area (Å²) in [5, 5.41) is 12.0. The van der Waals surface area contributed by atoms with Gasteiger partial charge in [-0.1, -0.05) is 23.8 Å². The highest BCUT2D eigenvalue weighted by Gasteiger charge is 2.04. The molecule has 0 unspecified atom stereocenters. The van der Waals surface area contributed by atoms with Crippen LogP contribution in [0.2, 0.25) is 0 Å². The largest absolute Gasteiger partial charge is 0.479 e. The monoisotopic (exact) mass is 280 g/mol. The maximum Gasteiger partial charge on any atom is 0.174 e. The van der Waals surface area contributed by atoms with Crippen molar-refractivity contribution in [3.8, 4) is 11.8 Å². The number of nitriles is 1. The number of nitrogens with one attached hydrogen (secondary N) is 1. The van der Waals surface area contributed by atoms with Gasteiger partial charge in [-0.25, -0.2) is 0 Å². The van der Waals surface area contributed by atoms with Crippen LogP contribution in [0.4, 0.5) is 5.69 Å². The van der Waals surface area contributed by atoms with Crippen LogP contribution in [0.3, 0.4) is 0 Å². The van der Waals surface area contributed by atoms with Crippen LogP contribution in [0.1, 0.15) is 22.3 Å². The molecule has 0 aromatic heterocycles. The van der Waals surface area contributed by atoms with Crippen molar-refractivity contribution in [2.45, 2.75) is 27.3 Å². The minimum absolute atomic E-state index is 0.0691. The van der Waals surface area contributed by atoms with Crippen LogP contribution in [-0.2, 0) is 6.54 Å². The molecule has 0 aliphatic carbocycles. The molecule has 0 aliphatic heterocycles. The van der Waals surface area contributed by atoms with E-state index in [1.54, 1.807) is 0 Å². The van der Waals surface area contributed by atoms with E-state index >= 15 is 0 Å². The smallest absolute Gasteiger partial charge is 0.174 e.